The van der Waals surface area contributed by atoms with E-state index >= 15 is 0 Å². The molecule has 7 heteroatoms. The van der Waals surface area contributed by atoms with Gasteiger partial charge in [-0.15, -0.1) is 0 Å². The maximum Gasteiger partial charge on any atom is 0.357 e. The van der Waals surface area contributed by atoms with Gasteiger partial charge in [0, 0.05) is 12.1 Å². The van der Waals surface area contributed by atoms with Crippen molar-refractivity contribution >= 4 is 5.97 Å². The molecule has 0 saturated heterocycles. The fourth-order valence-electron chi connectivity index (χ4n) is 1.31. The molecule has 0 atom stereocenters. The van der Waals surface area contributed by atoms with E-state index in [4.69, 9.17) is 10.5 Å². The van der Waals surface area contributed by atoms with Gasteiger partial charge in [-0.25, -0.2) is 18.6 Å². The Morgan fingerprint density at radius 3 is 2.59 bits per heavy atom. The number of hydrogen-bond acceptors (Lipinski definition) is 5. The Kier molecular flexibility index (Phi) is 4.33. The minimum absolute atomic E-state index is 0.0165. The molecular weight excluding hydrogens is 234 g/mol. The number of nitrogens with zero attached hydrogens (tertiary/aromatic N) is 1. The van der Waals surface area contributed by atoms with Crippen LogP contribution in [0.2, 0.25) is 0 Å². The van der Waals surface area contributed by atoms with Crippen molar-refractivity contribution in [2.24, 2.45) is 5.73 Å². The van der Waals surface area contributed by atoms with Crippen molar-refractivity contribution in [3.05, 3.63) is 22.9 Å². The Balaban J connectivity index is 3.40. The van der Waals surface area contributed by atoms with Crippen molar-refractivity contribution in [3.8, 4) is 5.88 Å². The Bertz CT molecular complexity index is 424. The van der Waals surface area contributed by atoms with Crippen LogP contribution < -0.4 is 10.5 Å². The predicted molar refractivity (Wildman–Crippen MR) is 55.0 cm³/mol. The molecule has 1 aromatic heterocycles. The number of esters is 1. The van der Waals surface area contributed by atoms with Gasteiger partial charge in [-0.1, -0.05) is 0 Å². The van der Waals surface area contributed by atoms with E-state index in [1.54, 1.807) is 0 Å². The van der Waals surface area contributed by atoms with Crippen molar-refractivity contribution in [2.45, 2.75) is 13.0 Å². The second-order valence-corrected chi connectivity index (χ2v) is 3.09. The van der Waals surface area contributed by atoms with Crippen LogP contribution in [0.3, 0.4) is 0 Å². The molecule has 94 valence electrons. The number of pyridine rings is 1. The molecule has 0 radical (unpaired) electrons. The smallest absolute Gasteiger partial charge is 0.357 e. The highest BCUT2D eigenvalue weighted by atomic mass is 19.3. The van der Waals surface area contributed by atoms with E-state index in [-0.39, 0.29) is 12.4 Å². The second-order valence-electron chi connectivity index (χ2n) is 3.09. The molecule has 0 aliphatic heterocycles. The SMILES string of the molecule is COC(=O)c1nc(OC)c(CN)cc1C(F)F. The number of ether oxygens (including phenoxy) is 2. The largest absolute Gasteiger partial charge is 0.481 e. The third-order valence-electron chi connectivity index (χ3n) is 2.12. The first-order valence-corrected chi connectivity index (χ1v) is 4.69. The number of aromatic nitrogens is 1. The molecule has 0 bridgehead atoms. The standard InChI is InChI=1S/C10H12F2N2O3/c1-16-9-5(4-13)3-6(8(11)12)7(14-9)10(15)17-2/h3,8H,4,13H2,1-2H3. The van der Waals surface area contributed by atoms with E-state index in [0.29, 0.717) is 5.56 Å². The van der Waals surface area contributed by atoms with Gasteiger partial charge in [0.25, 0.3) is 6.43 Å². The minimum Gasteiger partial charge on any atom is -0.481 e. The van der Waals surface area contributed by atoms with Crippen LogP contribution in [0, 0.1) is 0 Å². The second kappa shape index (κ2) is 5.53. The fraction of sp³-hybridized carbons (Fsp3) is 0.400. The van der Waals surface area contributed by atoms with Crippen LogP contribution >= 0.6 is 0 Å². The maximum atomic E-state index is 12.7. The predicted octanol–water partition coefficient (Wildman–Crippen LogP) is 1.27. The number of carbonyl (C=O) groups excluding carboxylic acids is 1. The summed E-state index contributed by atoms with van der Waals surface area (Å²) in [6.07, 6.45) is -2.84. The van der Waals surface area contributed by atoms with Gasteiger partial charge in [0.2, 0.25) is 5.88 Å². The molecule has 0 fully saturated rings. The number of methoxy groups -OCH3 is 2. The van der Waals surface area contributed by atoms with Gasteiger partial charge in [-0.2, -0.15) is 0 Å². The van der Waals surface area contributed by atoms with Crippen LogP contribution in [0.5, 0.6) is 5.88 Å². The van der Waals surface area contributed by atoms with Gasteiger partial charge < -0.3 is 15.2 Å². The van der Waals surface area contributed by atoms with Crippen LogP contribution in [-0.4, -0.2) is 25.2 Å². The quantitative estimate of drug-likeness (QED) is 0.810. The summed E-state index contributed by atoms with van der Waals surface area (Å²) < 4.78 is 34.7. The van der Waals surface area contributed by atoms with Gasteiger partial charge in [-0.05, 0) is 6.07 Å². The van der Waals surface area contributed by atoms with E-state index < -0.39 is 23.7 Å². The summed E-state index contributed by atoms with van der Waals surface area (Å²) in [5.41, 5.74) is 4.70. The van der Waals surface area contributed by atoms with Gasteiger partial charge >= 0.3 is 5.97 Å². The lowest BCUT2D eigenvalue weighted by atomic mass is 10.1. The van der Waals surface area contributed by atoms with Crippen LogP contribution in [0.1, 0.15) is 28.0 Å². The first kappa shape index (κ1) is 13.3. The maximum absolute atomic E-state index is 12.7. The number of halogens is 2. The zero-order chi connectivity index (χ0) is 13.0. The zero-order valence-corrected chi connectivity index (χ0v) is 9.37. The molecule has 17 heavy (non-hydrogen) atoms. The van der Waals surface area contributed by atoms with Crippen molar-refractivity contribution < 1.29 is 23.0 Å². The number of rotatable bonds is 4. The lowest BCUT2D eigenvalue weighted by Crippen LogP contribution is -2.13. The van der Waals surface area contributed by atoms with Crippen molar-refractivity contribution in [3.63, 3.8) is 0 Å². The summed E-state index contributed by atoms with van der Waals surface area (Å²) in [6.45, 7) is -0.0165. The number of alkyl halides is 2. The van der Waals surface area contributed by atoms with Crippen LogP contribution in [0.4, 0.5) is 8.78 Å². The normalized spacial score (nSPS) is 10.5. The highest BCUT2D eigenvalue weighted by Gasteiger charge is 2.23. The highest BCUT2D eigenvalue weighted by molar-refractivity contribution is 5.89. The topological polar surface area (TPSA) is 74.4 Å². The summed E-state index contributed by atoms with van der Waals surface area (Å²) in [5, 5.41) is 0. The summed E-state index contributed by atoms with van der Waals surface area (Å²) in [6, 6.07) is 1.10. The molecule has 1 heterocycles. The average Bonchev–Trinajstić information content (AvgIpc) is 2.35. The third-order valence-corrected chi connectivity index (χ3v) is 2.12. The first-order valence-electron chi connectivity index (χ1n) is 4.69. The molecule has 2 N–H and O–H groups in total. The van der Waals surface area contributed by atoms with Crippen molar-refractivity contribution in [1.82, 2.24) is 4.98 Å². The van der Waals surface area contributed by atoms with E-state index in [0.717, 1.165) is 13.2 Å². The Morgan fingerprint density at radius 2 is 2.18 bits per heavy atom. The van der Waals surface area contributed by atoms with E-state index in [1.807, 2.05) is 0 Å². The zero-order valence-electron chi connectivity index (χ0n) is 9.37. The number of hydrogen-bond donors (Lipinski definition) is 1. The number of nitrogens with two attached hydrogens (primary N) is 1. The van der Waals surface area contributed by atoms with Crippen LogP contribution in [-0.2, 0) is 11.3 Å². The molecule has 1 aromatic rings. The molecule has 1 rings (SSSR count). The number of carbonyl (C=O) groups is 1. The Morgan fingerprint density at radius 1 is 1.53 bits per heavy atom. The van der Waals surface area contributed by atoms with E-state index in [9.17, 15) is 13.6 Å². The first-order chi connectivity index (χ1) is 8.04. The average molecular weight is 246 g/mol. The third kappa shape index (κ3) is 2.68. The molecular formula is C10H12F2N2O3. The van der Waals surface area contributed by atoms with Crippen molar-refractivity contribution in [1.29, 1.82) is 0 Å². The molecule has 0 saturated carbocycles. The summed E-state index contributed by atoms with van der Waals surface area (Å²) in [4.78, 5) is 15.0. The lowest BCUT2D eigenvalue weighted by Gasteiger charge is -2.11. The van der Waals surface area contributed by atoms with Gasteiger partial charge in [-0.3, -0.25) is 0 Å². The van der Waals surface area contributed by atoms with Gasteiger partial charge in [0.15, 0.2) is 5.69 Å². The van der Waals surface area contributed by atoms with Crippen molar-refractivity contribution in [2.75, 3.05) is 14.2 Å². The Labute approximate surface area is 96.5 Å². The van der Waals surface area contributed by atoms with Crippen LogP contribution in [0.15, 0.2) is 6.07 Å². The fourth-order valence-corrected chi connectivity index (χ4v) is 1.31. The van der Waals surface area contributed by atoms with Crippen LogP contribution in [0.25, 0.3) is 0 Å². The van der Waals surface area contributed by atoms with Gasteiger partial charge in [0.05, 0.1) is 19.8 Å². The Hall–Kier alpha value is -1.76. The lowest BCUT2D eigenvalue weighted by molar-refractivity contribution is 0.0580. The van der Waals surface area contributed by atoms with E-state index in [2.05, 4.69) is 9.72 Å². The molecule has 0 amide bonds. The van der Waals surface area contributed by atoms with E-state index in [1.165, 1.54) is 7.11 Å². The summed E-state index contributed by atoms with van der Waals surface area (Å²) >= 11 is 0. The molecule has 5 nitrogen and oxygen atoms in total. The summed E-state index contributed by atoms with van der Waals surface area (Å²) in [7, 11) is 2.40. The summed E-state index contributed by atoms with van der Waals surface area (Å²) in [5.74, 6) is -0.903. The highest BCUT2D eigenvalue weighted by Crippen LogP contribution is 2.27. The molecule has 0 spiro atoms. The van der Waals surface area contributed by atoms with Gasteiger partial charge in [0.1, 0.15) is 0 Å². The molecule has 0 aromatic carbocycles. The minimum atomic E-state index is -2.84. The molecule has 0 aliphatic carbocycles. The molecule has 0 unspecified atom stereocenters. The molecule has 0 aliphatic rings. The monoisotopic (exact) mass is 246 g/mol.